The van der Waals surface area contributed by atoms with E-state index in [-0.39, 0.29) is 31.1 Å². The van der Waals surface area contributed by atoms with Crippen LogP contribution in [-0.4, -0.2) is 55.2 Å². The Labute approximate surface area is 149 Å². The molecule has 0 unspecified atom stereocenters. The van der Waals surface area contributed by atoms with Gasteiger partial charge in [-0.1, -0.05) is 20.8 Å². The largest absolute Gasteiger partial charge is 0.467 e. The molecule has 25 heavy (non-hydrogen) atoms. The Morgan fingerprint density at radius 3 is 2.40 bits per heavy atom. The van der Waals surface area contributed by atoms with Crippen LogP contribution in [0.4, 0.5) is 0 Å². The summed E-state index contributed by atoms with van der Waals surface area (Å²) in [5, 5.41) is 3.03. The van der Waals surface area contributed by atoms with Gasteiger partial charge < -0.3 is 14.4 Å². The van der Waals surface area contributed by atoms with Crippen LogP contribution >= 0.6 is 0 Å². The molecule has 1 saturated carbocycles. The molecule has 7 nitrogen and oxygen atoms in total. The van der Waals surface area contributed by atoms with Gasteiger partial charge in [-0.3, -0.25) is 14.9 Å². The van der Waals surface area contributed by atoms with E-state index in [1.807, 2.05) is 20.8 Å². The number of hydrogen-bond acceptors (Lipinski definition) is 6. The second kappa shape index (κ2) is 8.17. The van der Waals surface area contributed by atoms with Gasteiger partial charge in [-0.15, -0.1) is 0 Å². The standard InChI is InChI=1S/C18H30N2O5/c1-18(2,3)13(9-15(21)25-12-7-5-6-8-12)16(22)20-11-19-10-14(20)17(23)24-4/h12-14,19H,5-11H2,1-4H3/t13-,14+/m1/s1. The van der Waals surface area contributed by atoms with Gasteiger partial charge in [-0.05, 0) is 31.1 Å². The second-order valence-electron chi connectivity index (χ2n) is 7.98. The number of rotatable bonds is 5. The molecule has 0 radical (unpaired) electrons. The Hall–Kier alpha value is -1.63. The lowest BCUT2D eigenvalue weighted by atomic mass is 9.77. The van der Waals surface area contributed by atoms with Crippen LogP contribution < -0.4 is 5.32 Å². The first-order valence-electron chi connectivity index (χ1n) is 9.02. The van der Waals surface area contributed by atoms with Crippen molar-refractivity contribution >= 4 is 17.8 Å². The van der Waals surface area contributed by atoms with Gasteiger partial charge in [0.2, 0.25) is 5.91 Å². The van der Waals surface area contributed by atoms with E-state index in [0.717, 1.165) is 25.7 Å². The Bertz CT molecular complexity index is 508. The van der Waals surface area contributed by atoms with Gasteiger partial charge in [0.1, 0.15) is 12.1 Å². The first kappa shape index (κ1) is 19.7. The van der Waals surface area contributed by atoms with Crippen LogP contribution in [-0.2, 0) is 23.9 Å². The van der Waals surface area contributed by atoms with Gasteiger partial charge in [0.05, 0.1) is 26.1 Å². The lowest BCUT2D eigenvalue weighted by molar-refractivity contribution is -0.158. The molecule has 1 aliphatic carbocycles. The second-order valence-corrected chi connectivity index (χ2v) is 7.98. The number of amides is 1. The summed E-state index contributed by atoms with van der Waals surface area (Å²) in [7, 11) is 1.31. The monoisotopic (exact) mass is 354 g/mol. The predicted molar refractivity (Wildman–Crippen MR) is 91.4 cm³/mol. The molecule has 1 saturated heterocycles. The van der Waals surface area contributed by atoms with Crippen molar-refractivity contribution < 1.29 is 23.9 Å². The fourth-order valence-corrected chi connectivity index (χ4v) is 3.49. The van der Waals surface area contributed by atoms with Crippen molar-refractivity contribution in [3.63, 3.8) is 0 Å². The van der Waals surface area contributed by atoms with E-state index >= 15 is 0 Å². The van der Waals surface area contributed by atoms with Gasteiger partial charge in [-0.2, -0.15) is 0 Å². The maximum Gasteiger partial charge on any atom is 0.329 e. The lowest BCUT2D eigenvalue weighted by Crippen LogP contribution is -2.48. The first-order valence-corrected chi connectivity index (χ1v) is 9.02. The molecule has 1 heterocycles. The third-order valence-corrected chi connectivity index (χ3v) is 5.07. The van der Waals surface area contributed by atoms with Crippen molar-refractivity contribution in [3.8, 4) is 0 Å². The maximum absolute atomic E-state index is 13.1. The molecule has 2 aliphatic rings. The van der Waals surface area contributed by atoms with Crippen molar-refractivity contribution in [3.05, 3.63) is 0 Å². The number of carbonyl (C=O) groups is 3. The van der Waals surface area contributed by atoms with E-state index in [2.05, 4.69) is 5.32 Å². The Morgan fingerprint density at radius 1 is 1.20 bits per heavy atom. The van der Waals surface area contributed by atoms with Crippen LogP contribution in [0.1, 0.15) is 52.9 Å². The highest BCUT2D eigenvalue weighted by Gasteiger charge is 2.42. The molecule has 0 aromatic rings. The molecular formula is C18H30N2O5. The van der Waals surface area contributed by atoms with Crippen LogP contribution in [0.2, 0.25) is 0 Å². The quantitative estimate of drug-likeness (QED) is 0.753. The molecule has 1 amide bonds. The minimum Gasteiger partial charge on any atom is -0.467 e. The Kier molecular flexibility index (Phi) is 6.43. The highest BCUT2D eigenvalue weighted by atomic mass is 16.5. The van der Waals surface area contributed by atoms with Crippen LogP contribution in [0, 0.1) is 11.3 Å². The van der Waals surface area contributed by atoms with Crippen LogP contribution in [0.5, 0.6) is 0 Å². The maximum atomic E-state index is 13.1. The molecule has 1 aliphatic heterocycles. The molecule has 1 N–H and O–H groups in total. The summed E-state index contributed by atoms with van der Waals surface area (Å²) in [4.78, 5) is 38.8. The zero-order chi connectivity index (χ0) is 18.6. The van der Waals surface area contributed by atoms with Crippen molar-refractivity contribution in [2.24, 2.45) is 11.3 Å². The normalized spacial score (nSPS) is 22.7. The van der Waals surface area contributed by atoms with E-state index in [1.165, 1.54) is 12.0 Å². The molecule has 0 aromatic carbocycles. The Balaban J connectivity index is 2.06. The number of nitrogens with one attached hydrogen (secondary N) is 1. The van der Waals surface area contributed by atoms with E-state index in [1.54, 1.807) is 0 Å². The van der Waals surface area contributed by atoms with Crippen molar-refractivity contribution in [2.45, 2.75) is 65.0 Å². The van der Waals surface area contributed by atoms with Gasteiger partial charge in [0.15, 0.2) is 0 Å². The zero-order valence-corrected chi connectivity index (χ0v) is 15.7. The van der Waals surface area contributed by atoms with Gasteiger partial charge >= 0.3 is 11.9 Å². The fraction of sp³-hybridized carbons (Fsp3) is 0.833. The third kappa shape index (κ3) is 4.93. The number of nitrogens with zero attached hydrogens (tertiary/aromatic N) is 1. The molecule has 2 atom stereocenters. The SMILES string of the molecule is COC(=O)[C@@H]1CNCN1C(=O)[C@@H](CC(=O)OC1CCCC1)C(C)(C)C. The van der Waals surface area contributed by atoms with Crippen molar-refractivity contribution in [2.75, 3.05) is 20.3 Å². The van der Waals surface area contributed by atoms with E-state index in [4.69, 9.17) is 9.47 Å². The number of hydrogen-bond donors (Lipinski definition) is 1. The molecule has 142 valence electrons. The minimum atomic E-state index is -0.645. The average molecular weight is 354 g/mol. The van der Waals surface area contributed by atoms with Crippen LogP contribution in [0.25, 0.3) is 0 Å². The van der Waals surface area contributed by atoms with E-state index in [0.29, 0.717) is 6.54 Å². The first-order chi connectivity index (χ1) is 11.7. The zero-order valence-electron chi connectivity index (χ0n) is 15.7. The summed E-state index contributed by atoms with van der Waals surface area (Å²) in [5.41, 5.74) is -0.422. The summed E-state index contributed by atoms with van der Waals surface area (Å²) < 4.78 is 10.3. The fourth-order valence-electron chi connectivity index (χ4n) is 3.49. The number of methoxy groups -OCH3 is 1. The number of esters is 2. The van der Waals surface area contributed by atoms with E-state index < -0.39 is 23.3 Å². The summed E-state index contributed by atoms with van der Waals surface area (Å²) in [6.45, 7) is 6.42. The molecule has 7 heteroatoms. The van der Waals surface area contributed by atoms with Crippen LogP contribution in [0.3, 0.4) is 0 Å². The molecular weight excluding hydrogens is 324 g/mol. The molecule has 2 fully saturated rings. The summed E-state index contributed by atoms with van der Waals surface area (Å²) in [6.07, 6.45) is 3.99. The van der Waals surface area contributed by atoms with Gasteiger partial charge in [-0.25, -0.2) is 4.79 Å². The minimum absolute atomic E-state index is 0.0144. The van der Waals surface area contributed by atoms with Crippen LogP contribution in [0.15, 0.2) is 0 Å². The predicted octanol–water partition coefficient (Wildman–Crippen LogP) is 1.46. The highest BCUT2D eigenvalue weighted by Crippen LogP contribution is 2.32. The Morgan fingerprint density at radius 2 is 1.84 bits per heavy atom. The average Bonchev–Trinajstić information content (AvgIpc) is 3.21. The summed E-state index contributed by atoms with van der Waals surface area (Å²) in [5.74, 6) is -1.54. The summed E-state index contributed by atoms with van der Waals surface area (Å²) in [6, 6.07) is -0.645. The van der Waals surface area contributed by atoms with Crippen molar-refractivity contribution in [1.29, 1.82) is 0 Å². The lowest BCUT2D eigenvalue weighted by Gasteiger charge is -2.34. The molecule has 0 spiro atoms. The van der Waals surface area contributed by atoms with Gasteiger partial charge in [0.25, 0.3) is 0 Å². The summed E-state index contributed by atoms with van der Waals surface area (Å²) >= 11 is 0. The van der Waals surface area contributed by atoms with Gasteiger partial charge in [0, 0.05) is 6.54 Å². The number of ether oxygens (including phenoxy) is 2. The van der Waals surface area contributed by atoms with Crippen molar-refractivity contribution in [1.82, 2.24) is 10.2 Å². The molecule has 2 rings (SSSR count). The third-order valence-electron chi connectivity index (χ3n) is 5.07. The molecule has 0 bridgehead atoms. The number of carbonyl (C=O) groups excluding carboxylic acids is 3. The highest BCUT2D eigenvalue weighted by molar-refractivity contribution is 5.89. The smallest absolute Gasteiger partial charge is 0.329 e. The topological polar surface area (TPSA) is 84.9 Å². The van der Waals surface area contributed by atoms with E-state index in [9.17, 15) is 14.4 Å². The molecule has 0 aromatic heterocycles.